The molecular weight excluding hydrogens is 332 g/mol. The summed E-state index contributed by atoms with van der Waals surface area (Å²) in [4.78, 5) is 17.4. The number of carbonyl (C=O) groups excluding carboxylic acids is 1. The van der Waals surface area contributed by atoms with Crippen molar-refractivity contribution in [2.45, 2.75) is 18.9 Å². The van der Waals surface area contributed by atoms with E-state index in [0.29, 0.717) is 41.8 Å². The van der Waals surface area contributed by atoms with Crippen molar-refractivity contribution in [1.29, 1.82) is 0 Å². The van der Waals surface area contributed by atoms with Crippen LogP contribution in [0, 0.1) is 0 Å². The molecule has 1 amide bonds. The molecule has 7 heteroatoms. The number of nitrogens with zero attached hydrogens (tertiary/aromatic N) is 2. The van der Waals surface area contributed by atoms with Crippen molar-refractivity contribution < 1.29 is 19.0 Å². The van der Waals surface area contributed by atoms with Crippen molar-refractivity contribution in [3.05, 3.63) is 22.7 Å². The van der Waals surface area contributed by atoms with Crippen LogP contribution in [0.4, 0.5) is 0 Å². The standard InChI is InChI=1S/C17H21ClN2O4/c1-2-20-5-4-19(9-17(20)3-6-22-10-17)16(21)12-7-13(18)15-14(8-12)23-11-24-15/h7-8H,2-6,9-11H2,1H3. The van der Waals surface area contributed by atoms with Crippen LogP contribution >= 0.6 is 11.6 Å². The first-order valence-corrected chi connectivity index (χ1v) is 8.72. The number of rotatable bonds is 2. The molecule has 24 heavy (non-hydrogen) atoms. The highest BCUT2D eigenvalue weighted by Crippen LogP contribution is 2.40. The summed E-state index contributed by atoms with van der Waals surface area (Å²) in [7, 11) is 0. The lowest BCUT2D eigenvalue weighted by atomic mass is 9.92. The van der Waals surface area contributed by atoms with Gasteiger partial charge >= 0.3 is 0 Å². The van der Waals surface area contributed by atoms with E-state index in [9.17, 15) is 4.79 Å². The normalized spacial score (nSPS) is 26.3. The van der Waals surface area contributed by atoms with E-state index in [-0.39, 0.29) is 18.2 Å². The summed E-state index contributed by atoms with van der Waals surface area (Å²) in [5.74, 6) is 1.04. The van der Waals surface area contributed by atoms with E-state index in [1.165, 1.54) is 0 Å². The smallest absolute Gasteiger partial charge is 0.254 e. The zero-order valence-electron chi connectivity index (χ0n) is 13.7. The van der Waals surface area contributed by atoms with Gasteiger partial charge in [-0.3, -0.25) is 9.69 Å². The monoisotopic (exact) mass is 352 g/mol. The van der Waals surface area contributed by atoms with Crippen LogP contribution in [-0.4, -0.2) is 67.4 Å². The third-order valence-electron chi connectivity index (χ3n) is 5.22. The average molecular weight is 353 g/mol. The predicted octanol–water partition coefficient (Wildman–Crippen LogP) is 2.01. The lowest BCUT2D eigenvalue weighted by Crippen LogP contribution is -2.63. The van der Waals surface area contributed by atoms with E-state index < -0.39 is 0 Å². The number of halogens is 1. The predicted molar refractivity (Wildman–Crippen MR) is 88.9 cm³/mol. The molecule has 0 radical (unpaired) electrons. The third kappa shape index (κ3) is 2.53. The van der Waals surface area contributed by atoms with Gasteiger partial charge in [0.15, 0.2) is 11.5 Å². The molecule has 3 aliphatic heterocycles. The van der Waals surface area contributed by atoms with Crippen LogP contribution in [0.2, 0.25) is 5.02 Å². The van der Waals surface area contributed by atoms with E-state index in [1.54, 1.807) is 12.1 Å². The fourth-order valence-corrected chi connectivity index (χ4v) is 4.19. The number of benzene rings is 1. The van der Waals surface area contributed by atoms with E-state index >= 15 is 0 Å². The first-order chi connectivity index (χ1) is 11.6. The summed E-state index contributed by atoms with van der Waals surface area (Å²) in [5, 5.41) is 0.416. The number of amides is 1. The van der Waals surface area contributed by atoms with E-state index in [4.69, 9.17) is 25.8 Å². The second-order valence-corrected chi connectivity index (χ2v) is 6.93. The van der Waals surface area contributed by atoms with Gasteiger partial charge in [-0.2, -0.15) is 0 Å². The number of hydrogen-bond donors (Lipinski definition) is 0. The van der Waals surface area contributed by atoms with E-state index in [0.717, 1.165) is 26.1 Å². The number of ether oxygens (including phenoxy) is 3. The summed E-state index contributed by atoms with van der Waals surface area (Å²) < 4.78 is 16.3. The van der Waals surface area contributed by atoms with Gasteiger partial charge in [-0.15, -0.1) is 0 Å². The van der Waals surface area contributed by atoms with E-state index in [2.05, 4.69) is 11.8 Å². The molecule has 1 spiro atoms. The molecule has 0 bridgehead atoms. The number of carbonyl (C=O) groups is 1. The Balaban J connectivity index is 1.58. The third-order valence-corrected chi connectivity index (χ3v) is 5.50. The van der Waals surface area contributed by atoms with E-state index in [1.807, 2.05) is 4.90 Å². The topological polar surface area (TPSA) is 51.2 Å². The maximum Gasteiger partial charge on any atom is 0.254 e. The Hall–Kier alpha value is -1.50. The molecule has 1 unspecified atom stereocenters. The van der Waals surface area contributed by atoms with Crippen LogP contribution in [0.25, 0.3) is 0 Å². The molecule has 0 N–H and O–H groups in total. The molecule has 1 aromatic carbocycles. The summed E-state index contributed by atoms with van der Waals surface area (Å²) in [6.07, 6.45) is 0.965. The molecule has 4 rings (SSSR count). The quantitative estimate of drug-likeness (QED) is 0.815. The molecule has 1 aromatic rings. The molecule has 0 aliphatic carbocycles. The van der Waals surface area contributed by atoms with Gasteiger partial charge in [0, 0.05) is 31.8 Å². The van der Waals surface area contributed by atoms with Crippen molar-refractivity contribution in [2.75, 3.05) is 46.2 Å². The molecule has 2 fully saturated rings. The molecule has 2 saturated heterocycles. The Bertz CT molecular complexity index is 660. The number of piperazine rings is 1. The Kier molecular flexibility index (Phi) is 4.06. The molecular formula is C17H21ClN2O4. The highest BCUT2D eigenvalue weighted by Gasteiger charge is 2.45. The zero-order chi connectivity index (χ0) is 16.7. The fraction of sp³-hybridized carbons (Fsp3) is 0.588. The lowest BCUT2D eigenvalue weighted by molar-refractivity contribution is -0.00224. The van der Waals surface area contributed by atoms with Gasteiger partial charge in [-0.25, -0.2) is 0 Å². The van der Waals surface area contributed by atoms with Crippen LogP contribution in [0.15, 0.2) is 12.1 Å². The van der Waals surface area contributed by atoms with Crippen LogP contribution in [0.5, 0.6) is 11.5 Å². The minimum absolute atomic E-state index is 0.0165. The summed E-state index contributed by atoms with van der Waals surface area (Å²) in [6, 6.07) is 3.39. The second kappa shape index (κ2) is 6.10. The number of likely N-dealkylation sites (N-methyl/N-ethyl adjacent to an activating group) is 1. The van der Waals surface area contributed by atoms with Crippen molar-refractivity contribution in [3.63, 3.8) is 0 Å². The van der Waals surface area contributed by atoms with Crippen LogP contribution in [-0.2, 0) is 4.74 Å². The Morgan fingerprint density at radius 1 is 1.33 bits per heavy atom. The number of fused-ring (bicyclic) bond motifs is 1. The van der Waals surface area contributed by atoms with Crippen LogP contribution < -0.4 is 9.47 Å². The largest absolute Gasteiger partial charge is 0.454 e. The number of hydrogen-bond acceptors (Lipinski definition) is 5. The van der Waals surface area contributed by atoms with Gasteiger partial charge in [0.2, 0.25) is 6.79 Å². The van der Waals surface area contributed by atoms with Crippen molar-refractivity contribution in [2.24, 2.45) is 0 Å². The van der Waals surface area contributed by atoms with Crippen molar-refractivity contribution >= 4 is 17.5 Å². The van der Waals surface area contributed by atoms with Crippen molar-refractivity contribution in [1.82, 2.24) is 9.80 Å². The zero-order valence-corrected chi connectivity index (χ0v) is 14.5. The van der Waals surface area contributed by atoms with Gasteiger partial charge in [0.05, 0.1) is 17.2 Å². The summed E-state index contributed by atoms with van der Waals surface area (Å²) >= 11 is 6.22. The first kappa shape index (κ1) is 16.0. The fourth-order valence-electron chi connectivity index (χ4n) is 3.92. The molecule has 1 atom stereocenters. The second-order valence-electron chi connectivity index (χ2n) is 6.53. The molecule has 3 aliphatic rings. The maximum atomic E-state index is 13.0. The van der Waals surface area contributed by atoms with Gasteiger partial charge in [0.1, 0.15) is 0 Å². The van der Waals surface area contributed by atoms with Crippen LogP contribution in [0.1, 0.15) is 23.7 Å². The average Bonchev–Trinajstić information content (AvgIpc) is 3.24. The minimum atomic E-state index is -0.0528. The Morgan fingerprint density at radius 2 is 2.21 bits per heavy atom. The maximum absolute atomic E-state index is 13.0. The first-order valence-electron chi connectivity index (χ1n) is 8.34. The molecule has 3 heterocycles. The van der Waals surface area contributed by atoms with Crippen molar-refractivity contribution in [3.8, 4) is 11.5 Å². The van der Waals surface area contributed by atoms with Crippen LogP contribution in [0.3, 0.4) is 0 Å². The highest BCUT2D eigenvalue weighted by molar-refractivity contribution is 6.32. The molecule has 130 valence electrons. The van der Waals surface area contributed by atoms with Gasteiger partial charge in [0.25, 0.3) is 5.91 Å². The Morgan fingerprint density at radius 3 is 2.96 bits per heavy atom. The Labute approximate surface area is 146 Å². The highest BCUT2D eigenvalue weighted by atomic mass is 35.5. The molecule has 6 nitrogen and oxygen atoms in total. The SMILES string of the molecule is CCN1CCN(C(=O)c2cc(Cl)c3c(c2)OCO3)CC12CCOC2. The van der Waals surface area contributed by atoms with Gasteiger partial charge in [-0.05, 0) is 25.1 Å². The lowest BCUT2D eigenvalue weighted by Gasteiger charge is -2.48. The summed E-state index contributed by atoms with van der Waals surface area (Å²) in [5.41, 5.74) is 0.492. The van der Waals surface area contributed by atoms with Gasteiger partial charge in [-0.1, -0.05) is 18.5 Å². The minimum Gasteiger partial charge on any atom is -0.454 e. The molecule has 0 saturated carbocycles. The van der Waals surface area contributed by atoms with Gasteiger partial charge < -0.3 is 19.1 Å². The molecule has 0 aromatic heterocycles. The summed E-state index contributed by atoms with van der Waals surface area (Å²) in [6.45, 7) is 6.98.